The Bertz CT molecular complexity index is 496. The number of aromatic nitrogens is 1. The van der Waals surface area contributed by atoms with Gasteiger partial charge in [0, 0.05) is 22.4 Å². The number of hydrogen-bond acceptors (Lipinski definition) is 3. The Morgan fingerprint density at radius 3 is 2.82 bits per heavy atom. The fraction of sp³-hybridized carbons (Fsp3) is 0.308. The fourth-order valence-corrected chi connectivity index (χ4v) is 2.72. The van der Waals surface area contributed by atoms with Crippen molar-refractivity contribution in [3.63, 3.8) is 0 Å². The average Bonchev–Trinajstić information content (AvgIpc) is 2.74. The molecule has 0 aliphatic heterocycles. The summed E-state index contributed by atoms with van der Waals surface area (Å²) in [4.78, 5) is 4.49. The second kappa shape index (κ2) is 5.76. The van der Waals surface area contributed by atoms with E-state index in [1.165, 1.54) is 5.56 Å². The Hall–Kier alpha value is -0.710. The minimum absolute atomic E-state index is 0.284. The zero-order chi connectivity index (χ0) is 12.3. The lowest BCUT2D eigenvalue weighted by molar-refractivity contribution is 0.562. The van der Waals surface area contributed by atoms with E-state index in [0.29, 0.717) is 0 Å². The van der Waals surface area contributed by atoms with E-state index in [1.807, 2.05) is 13.0 Å². The van der Waals surface area contributed by atoms with Gasteiger partial charge >= 0.3 is 0 Å². The van der Waals surface area contributed by atoms with E-state index in [9.17, 15) is 0 Å². The summed E-state index contributed by atoms with van der Waals surface area (Å²) in [6.45, 7) is 5.03. The van der Waals surface area contributed by atoms with Crippen LogP contribution < -0.4 is 5.32 Å². The first-order valence-electron chi connectivity index (χ1n) is 5.55. The highest BCUT2D eigenvalue weighted by Gasteiger charge is 2.08. The van der Waals surface area contributed by atoms with Crippen molar-refractivity contribution in [1.82, 2.24) is 10.3 Å². The van der Waals surface area contributed by atoms with Gasteiger partial charge in [0.25, 0.3) is 0 Å². The molecule has 1 heterocycles. The zero-order valence-electron chi connectivity index (χ0n) is 9.90. The van der Waals surface area contributed by atoms with Crippen LogP contribution in [0, 0.1) is 6.92 Å². The molecule has 1 unspecified atom stereocenters. The highest BCUT2D eigenvalue weighted by Crippen LogP contribution is 2.19. The number of nitrogens with one attached hydrogen (secondary N) is 1. The molecule has 0 radical (unpaired) electrons. The van der Waals surface area contributed by atoms with Gasteiger partial charge in [-0.25, -0.2) is 4.98 Å². The molecule has 0 aliphatic carbocycles. The van der Waals surface area contributed by atoms with E-state index >= 15 is 0 Å². The Morgan fingerprint density at radius 1 is 1.41 bits per heavy atom. The normalized spacial score (nSPS) is 12.6. The number of nitrogens with zero attached hydrogens (tertiary/aromatic N) is 1. The van der Waals surface area contributed by atoms with E-state index in [1.54, 1.807) is 11.3 Å². The molecule has 0 saturated carbocycles. The molecule has 0 fully saturated rings. The minimum atomic E-state index is 0.284. The molecule has 0 saturated heterocycles. The SMILES string of the molecule is Cc1nc(C(C)NCc2ccccc2Br)cs1. The van der Waals surface area contributed by atoms with Gasteiger partial charge in [-0.05, 0) is 25.5 Å². The molecule has 2 rings (SSSR count). The first-order chi connectivity index (χ1) is 8.16. The van der Waals surface area contributed by atoms with E-state index in [4.69, 9.17) is 0 Å². The molecule has 0 spiro atoms. The maximum absolute atomic E-state index is 4.49. The van der Waals surface area contributed by atoms with Gasteiger partial charge in [0.2, 0.25) is 0 Å². The van der Waals surface area contributed by atoms with E-state index in [2.05, 4.69) is 56.7 Å². The summed E-state index contributed by atoms with van der Waals surface area (Å²) in [6, 6.07) is 8.55. The number of benzene rings is 1. The second-order valence-corrected chi connectivity index (χ2v) is 5.90. The lowest BCUT2D eigenvalue weighted by atomic mass is 10.2. The number of aryl methyl sites for hydroxylation is 1. The molecule has 1 N–H and O–H groups in total. The summed E-state index contributed by atoms with van der Waals surface area (Å²) >= 11 is 5.25. The van der Waals surface area contributed by atoms with E-state index in [0.717, 1.165) is 21.7 Å². The quantitative estimate of drug-likeness (QED) is 0.921. The third kappa shape index (κ3) is 3.37. The van der Waals surface area contributed by atoms with Crippen LogP contribution in [0.15, 0.2) is 34.1 Å². The minimum Gasteiger partial charge on any atom is -0.305 e. The van der Waals surface area contributed by atoms with Gasteiger partial charge < -0.3 is 5.32 Å². The van der Waals surface area contributed by atoms with Gasteiger partial charge in [-0.3, -0.25) is 0 Å². The Labute approximate surface area is 114 Å². The molecular formula is C13H15BrN2S. The van der Waals surface area contributed by atoms with Crippen molar-refractivity contribution in [1.29, 1.82) is 0 Å². The fourth-order valence-electron chi connectivity index (χ4n) is 1.59. The van der Waals surface area contributed by atoms with Crippen molar-refractivity contribution in [3.05, 3.63) is 50.4 Å². The van der Waals surface area contributed by atoms with Gasteiger partial charge in [0.1, 0.15) is 0 Å². The molecule has 1 atom stereocenters. The first-order valence-corrected chi connectivity index (χ1v) is 7.23. The Kier molecular flexibility index (Phi) is 4.31. The van der Waals surface area contributed by atoms with Crippen LogP contribution in [0.3, 0.4) is 0 Å². The van der Waals surface area contributed by atoms with Crippen molar-refractivity contribution < 1.29 is 0 Å². The molecule has 17 heavy (non-hydrogen) atoms. The van der Waals surface area contributed by atoms with Crippen LogP contribution in [0.25, 0.3) is 0 Å². The van der Waals surface area contributed by atoms with Gasteiger partial charge in [-0.15, -0.1) is 11.3 Å². The Balaban J connectivity index is 1.97. The average molecular weight is 311 g/mol. The first kappa shape index (κ1) is 12.7. The van der Waals surface area contributed by atoms with Gasteiger partial charge in [0.05, 0.1) is 10.7 Å². The van der Waals surface area contributed by atoms with Crippen LogP contribution in [-0.2, 0) is 6.54 Å². The van der Waals surface area contributed by atoms with Crippen molar-refractivity contribution in [2.75, 3.05) is 0 Å². The summed E-state index contributed by atoms with van der Waals surface area (Å²) in [5.41, 5.74) is 2.39. The van der Waals surface area contributed by atoms with Crippen molar-refractivity contribution in [3.8, 4) is 0 Å². The summed E-state index contributed by atoms with van der Waals surface area (Å²) in [5, 5.41) is 6.72. The third-order valence-electron chi connectivity index (χ3n) is 2.64. The third-order valence-corrected chi connectivity index (χ3v) is 4.20. The van der Waals surface area contributed by atoms with Crippen molar-refractivity contribution in [2.45, 2.75) is 26.4 Å². The Morgan fingerprint density at radius 2 is 2.18 bits per heavy atom. The summed E-state index contributed by atoms with van der Waals surface area (Å²) in [5.74, 6) is 0. The smallest absolute Gasteiger partial charge is 0.0898 e. The van der Waals surface area contributed by atoms with Crippen LogP contribution in [0.5, 0.6) is 0 Å². The topological polar surface area (TPSA) is 24.9 Å². The van der Waals surface area contributed by atoms with Crippen LogP contribution in [-0.4, -0.2) is 4.98 Å². The summed E-state index contributed by atoms with van der Waals surface area (Å²) < 4.78 is 1.15. The highest BCUT2D eigenvalue weighted by molar-refractivity contribution is 9.10. The maximum Gasteiger partial charge on any atom is 0.0898 e. The summed E-state index contributed by atoms with van der Waals surface area (Å²) in [6.07, 6.45) is 0. The molecule has 4 heteroatoms. The molecule has 1 aromatic carbocycles. The number of hydrogen-bond donors (Lipinski definition) is 1. The number of halogens is 1. The zero-order valence-corrected chi connectivity index (χ0v) is 12.3. The standard InChI is InChI=1S/C13H15BrN2S/c1-9(13-8-17-10(2)16-13)15-7-11-5-3-4-6-12(11)14/h3-6,8-9,15H,7H2,1-2H3. The molecule has 0 aliphatic rings. The van der Waals surface area contributed by atoms with Gasteiger partial charge in [-0.2, -0.15) is 0 Å². The van der Waals surface area contributed by atoms with Gasteiger partial charge in [0.15, 0.2) is 0 Å². The number of rotatable bonds is 4. The van der Waals surface area contributed by atoms with Crippen molar-refractivity contribution in [2.24, 2.45) is 0 Å². The van der Waals surface area contributed by atoms with E-state index in [-0.39, 0.29) is 6.04 Å². The molecular weight excluding hydrogens is 296 g/mol. The van der Waals surface area contributed by atoms with Crippen LogP contribution in [0.2, 0.25) is 0 Å². The predicted octanol–water partition coefficient (Wildman–Crippen LogP) is 4.06. The molecule has 1 aromatic heterocycles. The monoisotopic (exact) mass is 310 g/mol. The second-order valence-electron chi connectivity index (χ2n) is 3.99. The molecule has 2 nitrogen and oxygen atoms in total. The van der Waals surface area contributed by atoms with Crippen molar-refractivity contribution >= 4 is 27.3 Å². The summed E-state index contributed by atoms with van der Waals surface area (Å²) in [7, 11) is 0. The van der Waals surface area contributed by atoms with Crippen LogP contribution >= 0.6 is 27.3 Å². The highest BCUT2D eigenvalue weighted by atomic mass is 79.9. The molecule has 0 amide bonds. The largest absolute Gasteiger partial charge is 0.305 e. The van der Waals surface area contributed by atoms with Crippen LogP contribution in [0.4, 0.5) is 0 Å². The van der Waals surface area contributed by atoms with Gasteiger partial charge in [-0.1, -0.05) is 34.1 Å². The van der Waals surface area contributed by atoms with Crippen LogP contribution in [0.1, 0.15) is 29.2 Å². The maximum atomic E-state index is 4.49. The van der Waals surface area contributed by atoms with E-state index < -0.39 is 0 Å². The number of thiazole rings is 1. The predicted molar refractivity (Wildman–Crippen MR) is 76.2 cm³/mol. The molecule has 2 aromatic rings. The lowest BCUT2D eigenvalue weighted by Gasteiger charge is -2.12. The molecule has 90 valence electrons. The lowest BCUT2D eigenvalue weighted by Crippen LogP contribution is -2.18. The molecule has 0 bridgehead atoms.